The van der Waals surface area contributed by atoms with Crippen LogP contribution in [0.2, 0.25) is 5.02 Å². The fraction of sp³-hybridized carbons (Fsp3) is 0.476. The van der Waals surface area contributed by atoms with Gasteiger partial charge in [-0.2, -0.15) is 0 Å². The van der Waals surface area contributed by atoms with E-state index in [-0.39, 0.29) is 29.6 Å². The minimum Gasteiger partial charge on any atom is -0.481 e. The van der Waals surface area contributed by atoms with Crippen LogP contribution in [0.4, 0.5) is 5.69 Å². The Hall–Kier alpha value is -3.18. The molecule has 1 aromatic carbocycles. The normalized spacial score (nSPS) is 17.7. The first-order valence-electron chi connectivity index (χ1n) is 10.4. The number of carbonyl (C=O) groups excluding carboxylic acids is 4. The van der Waals surface area contributed by atoms with Gasteiger partial charge in [0.25, 0.3) is 5.91 Å². The molecule has 0 radical (unpaired) electrons. The number of nitrogens with two attached hydrogens (primary N) is 1. The molecule has 1 aliphatic rings. The van der Waals surface area contributed by atoms with Gasteiger partial charge in [-0.25, -0.2) is 0 Å². The van der Waals surface area contributed by atoms with Gasteiger partial charge in [-0.3, -0.25) is 19.2 Å². The van der Waals surface area contributed by atoms with E-state index in [9.17, 15) is 24.0 Å². The van der Waals surface area contributed by atoms with Crippen molar-refractivity contribution < 1.29 is 29.1 Å². The van der Waals surface area contributed by atoms with Crippen molar-refractivity contribution in [2.24, 2.45) is 5.92 Å². The predicted octanol–water partition coefficient (Wildman–Crippen LogP) is -0.365. The molecule has 0 aliphatic carbocycles. The van der Waals surface area contributed by atoms with Gasteiger partial charge in [-0.05, 0) is 24.1 Å². The first-order valence-corrected chi connectivity index (χ1v) is 10.8. The topological polar surface area (TPSA) is 171 Å². The minimum absolute atomic E-state index is 0.114. The Morgan fingerprint density at radius 1 is 1.30 bits per heavy atom. The number of halogens is 1. The fourth-order valence-corrected chi connectivity index (χ4v) is 3.57. The highest BCUT2D eigenvalue weighted by Gasteiger charge is 2.38. The van der Waals surface area contributed by atoms with E-state index in [0.29, 0.717) is 18.5 Å². The molecule has 0 spiro atoms. The highest BCUT2D eigenvalue weighted by molar-refractivity contribution is 6.33. The van der Waals surface area contributed by atoms with Gasteiger partial charge in [-0.15, -0.1) is 0 Å². The lowest BCUT2D eigenvalue weighted by Gasteiger charge is -2.38. The molecule has 0 saturated carbocycles. The van der Waals surface area contributed by atoms with Crippen LogP contribution in [0.15, 0.2) is 18.2 Å². The molecule has 1 aromatic rings. The average Bonchev–Trinajstić information content (AvgIpc) is 2.77. The molecule has 12 heteroatoms. The third-order valence-electron chi connectivity index (χ3n) is 5.20. The smallest absolute Gasteiger partial charge is 0.305 e. The second-order valence-electron chi connectivity index (χ2n) is 8.03. The summed E-state index contributed by atoms with van der Waals surface area (Å²) in [5.41, 5.74) is 6.22. The summed E-state index contributed by atoms with van der Waals surface area (Å²) in [4.78, 5) is 62.2. The molecule has 1 fully saturated rings. The Morgan fingerprint density at radius 2 is 2.00 bits per heavy atom. The molecular weight excluding hydrogens is 454 g/mol. The number of hydrogen-bond donors (Lipinski definition) is 5. The van der Waals surface area contributed by atoms with Crippen molar-refractivity contribution in [1.29, 1.82) is 0 Å². The first kappa shape index (κ1) is 26.1. The summed E-state index contributed by atoms with van der Waals surface area (Å²) in [5.74, 6) is -3.20. The largest absolute Gasteiger partial charge is 0.481 e. The number of nitrogens with zero attached hydrogens (tertiary/aromatic N) is 1. The number of carboxylic acid groups (broad SMARTS) is 1. The van der Waals surface area contributed by atoms with E-state index in [4.69, 9.17) is 22.4 Å². The van der Waals surface area contributed by atoms with Gasteiger partial charge in [-0.1, -0.05) is 25.4 Å². The van der Waals surface area contributed by atoms with E-state index in [1.54, 1.807) is 13.8 Å². The van der Waals surface area contributed by atoms with Gasteiger partial charge < -0.3 is 36.5 Å². The van der Waals surface area contributed by atoms with Crippen LogP contribution in [0, 0.1) is 5.92 Å². The molecule has 1 saturated heterocycles. The Balaban J connectivity index is 2.18. The van der Waals surface area contributed by atoms with E-state index < -0.39 is 48.2 Å². The lowest BCUT2D eigenvalue weighted by molar-refractivity contribution is -0.145. The lowest BCUT2D eigenvalue weighted by Crippen LogP contribution is -2.64. The van der Waals surface area contributed by atoms with Crippen LogP contribution in [0.5, 0.6) is 0 Å². The number of carboxylic acids is 1. The van der Waals surface area contributed by atoms with Crippen LogP contribution >= 0.6 is 11.6 Å². The molecule has 33 heavy (non-hydrogen) atoms. The van der Waals surface area contributed by atoms with Crippen LogP contribution < -0.4 is 21.7 Å². The Bertz CT molecular complexity index is 924. The minimum atomic E-state index is -1.24. The Morgan fingerprint density at radius 3 is 2.58 bits per heavy atom. The van der Waals surface area contributed by atoms with E-state index in [1.165, 1.54) is 23.1 Å². The summed E-state index contributed by atoms with van der Waals surface area (Å²) < 4.78 is 0. The molecule has 0 aromatic heterocycles. The summed E-state index contributed by atoms with van der Waals surface area (Å²) in [6.45, 7) is 4.24. The summed E-state index contributed by atoms with van der Waals surface area (Å²) >= 11 is 5.99. The van der Waals surface area contributed by atoms with E-state index in [2.05, 4.69) is 16.0 Å². The van der Waals surface area contributed by atoms with Crippen molar-refractivity contribution in [3.8, 4) is 0 Å². The maximum Gasteiger partial charge on any atom is 0.305 e. The van der Waals surface area contributed by atoms with Crippen molar-refractivity contribution in [3.63, 3.8) is 0 Å². The Labute approximate surface area is 196 Å². The monoisotopic (exact) mass is 481 g/mol. The summed E-state index contributed by atoms with van der Waals surface area (Å²) in [7, 11) is 0. The zero-order valence-electron chi connectivity index (χ0n) is 18.3. The summed E-state index contributed by atoms with van der Waals surface area (Å²) in [6.07, 6.45) is -0.235. The Kier molecular flexibility index (Phi) is 9.18. The quantitative estimate of drug-likeness (QED) is 0.235. The van der Waals surface area contributed by atoms with Gasteiger partial charge in [0, 0.05) is 25.2 Å². The van der Waals surface area contributed by atoms with Gasteiger partial charge in [0.1, 0.15) is 18.4 Å². The summed E-state index contributed by atoms with van der Waals surface area (Å²) in [6, 6.07) is 1.23. The number of amides is 3. The maximum atomic E-state index is 13.4. The highest BCUT2D eigenvalue weighted by atomic mass is 35.5. The molecule has 6 N–H and O–H groups in total. The van der Waals surface area contributed by atoms with Crippen molar-refractivity contribution in [3.05, 3.63) is 28.8 Å². The molecular formula is C21H28ClN5O6. The number of aliphatic carboxylic acids is 1. The first-order chi connectivity index (χ1) is 15.5. The molecule has 3 atom stereocenters. The number of hydrogen-bond acceptors (Lipinski definition) is 7. The number of nitrogen functional groups attached to an aromatic ring is 1. The number of carbonyl (C=O) groups is 5. The van der Waals surface area contributed by atoms with Crippen molar-refractivity contribution >= 4 is 47.3 Å². The number of piperazine rings is 1. The lowest BCUT2D eigenvalue weighted by atomic mass is 10.00. The fourth-order valence-electron chi connectivity index (χ4n) is 3.39. The third-order valence-corrected chi connectivity index (χ3v) is 5.52. The van der Waals surface area contributed by atoms with Crippen molar-refractivity contribution in [2.45, 2.75) is 38.4 Å². The van der Waals surface area contributed by atoms with Gasteiger partial charge >= 0.3 is 5.97 Å². The molecule has 2 rings (SSSR count). The van der Waals surface area contributed by atoms with E-state index >= 15 is 0 Å². The van der Waals surface area contributed by atoms with Gasteiger partial charge in [0.05, 0.1) is 23.2 Å². The second kappa shape index (κ2) is 11.6. The second-order valence-corrected chi connectivity index (χ2v) is 8.44. The number of benzene rings is 1. The zero-order valence-corrected chi connectivity index (χ0v) is 19.1. The maximum absolute atomic E-state index is 13.4. The van der Waals surface area contributed by atoms with Crippen LogP contribution in [-0.2, 0) is 19.2 Å². The number of nitrogens with one attached hydrogen (secondary N) is 3. The number of rotatable bonds is 9. The molecule has 1 heterocycles. The predicted molar refractivity (Wildman–Crippen MR) is 121 cm³/mol. The van der Waals surface area contributed by atoms with Crippen molar-refractivity contribution in [2.75, 3.05) is 25.4 Å². The third kappa shape index (κ3) is 6.90. The standard InChI is InChI=1S/C21H28ClN5O6/c1-11(2)18(26-19(31)12-3-4-15(23)14(22)7-12)21(33)27-6-5-24-9-16(27)20(32)25-13(10-28)8-17(29)30/h3-4,7,10-11,13,16,18,24H,5-6,8-9,23H2,1-2H3,(H,25,32)(H,26,31)(H,29,30)/t13-,16-,18-/m0/s1. The number of aldehydes is 1. The molecule has 180 valence electrons. The van der Waals surface area contributed by atoms with Gasteiger partial charge in [0.15, 0.2) is 0 Å². The van der Waals surface area contributed by atoms with E-state index in [0.717, 1.165) is 0 Å². The molecule has 0 bridgehead atoms. The molecule has 11 nitrogen and oxygen atoms in total. The van der Waals surface area contributed by atoms with Crippen molar-refractivity contribution in [1.82, 2.24) is 20.9 Å². The molecule has 0 unspecified atom stereocenters. The average molecular weight is 482 g/mol. The summed E-state index contributed by atoms with van der Waals surface area (Å²) in [5, 5.41) is 17.2. The van der Waals surface area contributed by atoms with E-state index in [1.807, 2.05) is 0 Å². The van der Waals surface area contributed by atoms with Crippen LogP contribution in [0.25, 0.3) is 0 Å². The van der Waals surface area contributed by atoms with Crippen LogP contribution in [0.3, 0.4) is 0 Å². The van der Waals surface area contributed by atoms with Crippen LogP contribution in [-0.4, -0.2) is 77.7 Å². The number of anilines is 1. The zero-order chi connectivity index (χ0) is 24.7. The van der Waals surface area contributed by atoms with Gasteiger partial charge in [0.2, 0.25) is 11.8 Å². The highest BCUT2D eigenvalue weighted by Crippen LogP contribution is 2.20. The molecule has 3 amide bonds. The van der Waals surface area contributed by atoms with Crippen LogP contribution in [0.1, 0.15) is 30.6 Å². The SMILES string of the molecule is CC(C)[C@H](NC(=O)c1ccc(N)c(Cl)c1)C(=O)N1CCNC[C@H]1C(=O)N[C@H](C=O)CC(=O)O. The molecule has 1 aliphatic heterocycles.